The Morgan fingerprint density at radius 3 is 2.30 bits per heavy atom. The van der Waals surface area contributed by atoms with Gasteiger partial charge in [0.05, 0.1) is 12.9 Å². The number of hydrogen-bond donors (Lipinski definition) is 0. The summed E-state index contributed by atoms with van der Waals surface area (Å²) in [7, 11) is 1.66. The van der Waals surface area contributed by atoms with Crippen LogP contribution in [0.25, 0.3) is 0 Å². The fourth-order valence-electron chi connectivity index (χ4n) is 1.52. The van der Waals surface area contributed by atoms with Crippen molar-refractivity contribution in [1.29, 1.82) is 0 Å². The van der Waals surface area contributed by atoms with Crippen LogP contribution in [0.4, 0.5) is 0 Å². The van der Waals surface area contributed by atoms with Crippen molar-refractivity contribution in [2.24, 2.45) is 5.41 Å². The van der Waals surface area contributed by atoms with E-state index in [9.17, 15) is 4.79 Å². The Kier molecular flexibility index (Phi) is 6.50. The van der Waals surface area contributed by atoms with Gasteiger partial charge in [-0.3, -0.25) is 4.79 Å². The number of carbonyl (C=O) groups is 1. The summed E-state index contributed by atoms with van der Waals surface area (Å²) >= 11 is 4.66. The minimum absolute atomic E-state index is 0.227. The number of thioether (sulfide) groups is 2. The quantitative estimate of drug-likeness (QED) is 0.669. The molecule has 0 radical (unpaired) electrons. The van der Waals surface area contributed by atoms with Gasteiger partial charge in [0.25, 0.3) is 0 Å². The summed E-state index contributed by atoms with van der Waals surface area (Å²) in [5, 5.41) is 8.33. The van der Waals surface area contributed by atoms with Crippen molar-refractivity contribution in [2.75, 3.05) is 12.9 Å². The van der Waals surface area contributed by atoms with E-state index >= 15 is 0 Å². The summed E-state index contributed by atoms with van der Waals surface area (Å²) in [5.74, 6) is 2.37. The predicted octanol–water partition coefficient (Wildman–Crippen LogP) is 4.55. The maximum atomic E-state index is 11.9. The number of hydrogen-bond acceptors (Lipinski definition) is 7. The van der Waals surface area contributed by atoms with E-state index in [1.165, 1.54) is 28.7 Å². The number of benzene rings is 1. The van der Waals surface area contributed by atoms with Gasteiger partial charge in [0.15, 0.2) is 8.68 Å². The molecule has 0 amide bonds. The molecule has 0 fully saturated rings. The molecule has 0 saturated heterocycles. The first-order valence-electron chi connectivity index (χ1n) is 7.14. The molecule has 0 bridgehead atoms. The summed E-state index contributed by atoms with van der Waals surface area (Å²) in [6.45, 7) is 5.81. The first kappa shape index (κ1) is 18.3. The SMILES string of the molecule is COc1ccc(CSc2nnc(SCC(=O)C(C)(C)C)s2)cc1. The molecule has 0 N–H and O–H groups in total. The van der Waals surface area contributed by atoms with Crippen LogP contribution in [0, 0.1) is 5.41 Å². The van der Waals surface area contributed by atoms with Gasteiger partial charge in [-0.25, -0.2) is 0 Å². The van der Waals surface area contributed by atoms with Crippen molar-refractivity contribution in [1.82, 2.24) is 10.2 Å². The predicted molar refractivity (Wildman–Crippen MR) is 97.7 cm³/mol. The number of methoxy groups -OCH3 is 1. The largest absolute Gasteiger partial charge is 0.497 e. The molecular weight excluding hydrogens is 348 g/mol. The van der Waals surface area contributed by atoms with Gasteiger partial charge >= 0.3 is 0 Å². The number of nitrogens with zero attached hydrogens (tertiary/aromatic N) is 2. The maximum Gasteiger partial charge on any atom is 0.175 e. The molecule has 2 rings (SSSR count). The second-order valence-corrected chi connectivity index (χ2v) is 9.35. The first-order chi connectivity index (χ1) is 10.9. The van der Waals surface area contributed by atoms with Crippen LogP contribution < -0.4 is 4.74 Å². The summed E-state index contributed by atoms with van der Waals surface area (Å²) in [5.41, 5.74) is 0.909. The zero-order valence-corrected chi connectivity index (χ0v) is 16.1. The van der Waals surface area contributed by atoms with Gasteiger partial charge in [-0.05, 0) is 17.7 Å². The second kappa shape index (κ2) is 8.17. The molecule has 0 unspecified atom stereocenters. The van der Waals surface area contributed by atoms with E-state index in [1.807, 2.05) is 45.0 Å². The third-order valence-electron chi connectivity index (χ3n) is 3.07. The second-order valence-electron chi connectivity index (χ2n) is 5.93. The highest BCUT2D eigenvalue weighted by Crippen LogP contribution is 2.32. The molecule has 0 spiro atoms. The Balaban J connectivity index is 1.83. The molecule has 23 heavy (non-hydrogen) atoms. The number of Topliss-reactive ketones (excluding diaryl/α,β-unsaturated/α-hetero) is 1. The van der Waals surface area contributed by atoms with Crippen LogP contribution in [0.1, 0.15) is 26.3 Å². The summed E-state index contributed by atoms with van der Waals surface area (Å²) in [4.78, 5) is 11.9. The third kappa shape index (κ3) is 5.82. The van der Waals surface area contributed by atoms with E-state index < -0.39 is 0 Å². The van der Waals surface area contributed by atoms with Gasteiger partial charge in [-0.2, -0.15) is 0 Å². The van der Waals surface area contributed by atoms with Crippen molar-refractivity contribution in [2.45, 2.75) is 35.2 Å². The van der Waals surface area contributed by atoms with Crippen molar-refractivity contribution in [3.8, 4) is 5.75 Å². The van der Waals surface area contributed by atoms with Crippen LogP contribution in [0.2, 0.25) is 0 Å². The van der Waals surface area contributed by atoms with Gasteiger partial charge in [0.2, 0.25) is 0 Å². The van der Waals surface area contributed by atoms with E-state index in [2.05, 4.69) is 10.2 Å². The molecule has 1 aromatic heterocycles. The molecule has 0 atom stereocenters. The number of ketones is 1. The lowest BCUT2D eigenvalue weighted by atomic mass is 9.92. The number of aromatic nitrogens is 2. The van der Waals surface area contributed by atoms with Crippen LogP contribution >= 0.6 is 34.9 Å². The average Bonchev–Trinajstić information content (AvgIpc) is 2.98. The zero-order valence-electron chi connectivity index (χ0n) is 13.7. The van der Waals surface area contributed by atoms with Crippen LogP contribution in [-0.4, -0.2) is 28.8 Å². The monoisotopic (exact) mass is 368 g/mol. The highest BCUT2D eigenvalue weighted by atomic mass is 32.2. The molecular formula is C16H20N2O2S3. The Morgan fingerprint density at radius 2 is 1.74 bits per heavy atom. The molecule has 0 aliphatic carbocycles. The minimum atomic E-state index is -0.302. The van der Waals surface area contributed by atoms with E-state index in [1.54, 1.807) is 18.9 Å². The lowest BCUT2D eigenvalue weighted by molar-refractivity contribution is -0.123. The Hall–Kier alpha value is -1.05. The summed E-state index contributed by atoms with van der Waals surface area (Å²) in [6.07, 6.45) is 0. The van der Waals surface area contributed by atoms with Crippen molar-refractivity contribution in [3.63, 3.8) is 0 Å². The maximum absolute atomic E-state index is 11.9. The first-order valence-corrected chi connectivity index (χ1v) is 9.92. The molecule has 0 aliphatic rings. The number of ether oxygens (including phenoxy) is 1. The van der Waals surface area contributed by atoms with Crippen LogP contribution in [0.5, 0.6) is 5.75 Å². The minimum Gasteiger partial charge on any atom is -0.497 e. The Bertz CT molecular complexity index is 648. The molecule has 7 heteroatoms. The van der Waals surface area contributed by atoms with E-state index in [0.29, 0.717) is 5.75 Å². The standard InChI is InChI=1S/C16H20N2O2S3/c1-16(2,3)13(19)10-22-15-18-17-14(23-15)21-9-11-5-7-12(20-4)8-6-11/h5-8H,9-10H2,1-4H3. The molecule has 124 valence electrons. The van der Waals surface area contributed by atoms with Crippen LogP contribution in [-0.2, 0) is 10.5 Å². The number of carbonyl (C=O) groups excluding carboxylic acids is 1. The van der Waals surface area contributed by atoms with E-state index in [4.69, 9.17) is 4.74 Å². The molecule has 1 aromatic carbocycles. The van der Waals surface area contributed by atoms with Gasteiger partial charge in [0, 0.05) is 11.2 Å². The Labute approximate surface area is 149 Å². The topological polar surface area (TPSA) is 52.1 Å². The molecule has 4 nitrogen and oxygen atoms in total. The van der Waals surface area contributed by atoms with Crippen LogP contribution in [0.15, 0.2) is 32.9 Å². The summed E-state index contributed by atoms with van der Waals surface area (Å²) < 4.78 is 6.92. The lowest BCUT2D eigenvalue weighted by Crippen LogP contribution is -2.21. The summed E-state index contributed by atoms with van der Waals surface area (Å²) in [6, 6.07) is 8.00. The fraction of sp³-hybridized carbons (Fsp3) is 0.438. The van der Waals surface area contributed by atoms with Crippen LogP contribution in [0.3, 0.4) is 0 Å². The number of rotatable bonds is 7. The van der Waals surface area contributed by atoms with Gasteiger partial charge < -0.3 is 4.74 Å². The van der Waals surface area contributed by atoms with Gasteiger partial charge in [-0.15, -0.1) is 10.2 Å². The van der Waals surface area contributed by atoms with E-state index in [0.717, 1.165) is 20.2 Å². The van der Waals surface area contributed by atoms with Crippen molar-refractivity contribution < 1.29 is 9.53 Å². The molecule has 0 saturated carbocycles. The Morgan fingerprint density at radius 1 is 1.13 bits per heavy atom. The zero-order chi connectivity index (χ0) is 16.9. The molecule has 2 aromatic rings. The highest BCUT2D eigenvalue weighted by Gasteiger charge is 2.21. The lowest BCUT2D eigenvalue weighted by Gasteiger charge is -2.15. The molecule has 1 heterocycles. The highest BCUT2D eigenvalue weighted by molar-refractivity contribution is 8.03. The van der Waals surface area contributed by atoms with Gasteiger partial charge in [-0.1, -0.05) is 67.8 Å². The van der Waals surface area contributed by atoms with E-state index in [-0.39, 0.29) is 11.2 Å². The van der Waals surface area contributed by atoms with Crippen molar-refractivity contribution in [3.05, 3.63) is 29.8 Å². The average molecular weight is 369 g/mol. The normalized spacial score (nSPS) is 11.5. The van der Waals surface area contributed by atoms with Gasteiger partial charge in [0.1, 0.15) is 11.5 Å². The smallest absolute Gasteiger partial charge is 0.175 e. The third-order valence-corrected chi connectivity index (χ3v) is 6.33. The molecule has 0 aliphatic heterocycles. The fourth-order valence-corrected chi connectivity index (χ4v) is 4.66. The van der Waals surface area contributed by atoms with Crippen molar-refractivity contribution >= 4 is 40.6 Å².